The molecule has 5 aromatic rings. The van der Waals surface area contributed by atoms with Crippen LogP contribution in [-0.2, 0) is 67.3 Å². The Morgan fingerprint density at radius 1 is 0.708 bits per heavy atom. The number of phenols is 1. The van der Waals surface area contributed by atoms with Crippen LogP contribution in [0.1, 0.15) is 10.4 Å². The maximum absolute atomic E-state index is 13.1. The Hall–Kier alpha value is -5.27. The maximum Gasteiger partial charge on any atom is 0.397 e. The number of phenolic OH excluding ortho intramolecular Hbond substituents is 1. The van der Waals surface area contributed by atoms with Crippen molar-refractivity contribution in [2.75, 3.05) is 35.8 Å². The lowest BCUT2D eigenvalue weighted by atomic mass is 10.1. The average molecular weight is 1020 g/mol. The number of azo groups is 2. The first-order valence-electron chi connectivity index (χ1n) is 17.2. The summed E-state index contributed by atoms with van der Waals surface area (Å²) in [6, 6.07) is 17.1. The highest BCUT2D eigenvalue weighted by Gasteiger charge is 2.26. The molecule has 0 unspecified atom stereocenters. The van der Waals surface area contributed by atoms with Crippen LogP contribution in [0.15, 0.2) is 125 Å². The van der Waals surface area contributed by atoms with Crippen molar-refractivity contribution in [3.05, 3.63) is 90.5 Å². The molecule has 0 aliphatic heterocycles. The first-order chi connectivity index (χ1) is 30.6. The fourth-order valence-electron chi connectivity index (χ4n) is 5.31. The molecule has 0 radical (unpaired) electrons. The van der Waals surface area contributed by atoms with Crippen LogP contribution in [0.5, 0.6) is 5.75 Å². The Morgan fingerprint density at radius 3 is 1.92 bits per heavy atom. The number of carbonyl (C=O) groups is 1. The third kappa shape index (κ3) is 13.9. The van der Waals surface area contributed by atoms with E-state index in [1.165, 1.54) is 60.7 Å². The predicted molar refractivity (Wildman–Crippen MR) is 226 cm³/mol. The van der Waals surface area contributed by atoms with Gasteiger partial charge in [0.2, 0.25) is 0 Å². The summed E-state index contributed by atoms with van der Waals surface area (Å²) in [4.78, 5) is 11.7. The second-order valence-electron chi connectivity index (χ2n) is 12.4. The normalized spacial score (nSPS) is 12.7. The van der Waals surface area contributed by atoms with Crippen molar-refractivity contribution >= 4 is 115 Å². The summed E-state index contributed by atoms with van der Waals surface area (Å²) >= 11 is 0.477. The van der Waals surface area contributed by atoms with Gasteiger partial charge in [0, 0.05) is 11.3 Å². The van der Waals surface area contributed by atoms with E-state index in [0.29, 0.717) is 0 Å². The number of nitrogens with one attached hydrogen (secondary N) is 1. The summed E-state index contributed by atoms with van der Waals surface area (Å²) in [5.74, 6) is -2.72. The van der Waals surface area contributed by atoms with Gasteiger partial charge in [-0.05, 0) is 84.2 Å². The zero-order valence-electron chi connectivity index (χ0n) is 32.1. The molecule has 0 fully saturated rings. The molecule has 0 aromatic heterocycles. The van der Waals surface area contributed by atoms with E-state index in [1.807, 2.05) is 0 Å². The molecule has 0 saturated heterocycles. The molecule has 348 valence electrons. The molecule has 5 rings (SSSR count). The Kier molecular flexibility index (Phi) is 17.0. The Labute approximate surface area is 375 Å². The van der Waals surface area contributed by atoms with E-state index in [4.69, 9.17) is 25.0 Å². The van der Waals surface area contributed by atoms with E-state index in [0.717, 1.165) is 24.3 Å². The van der Waals surface area contributed by atoms with Gasteiger partial charge in [-0.2, -0.15) is 27.1 Å². The van der Waals surface area contributed by atoms with Crippen LogP contribution in [0.3, 0.4) is 0 Å². The highest BCUT2D eigenvalue weighted by Crippen LogP contribution is 2.49. The van der Waals surface area contributed by atoms with E-state index >= 15 is 0 Å². The molecule has 0 heterocycles. The van der Waals surface area contributed by atoms with Crippen molar-refractivity contribution in [1.82, 2.24) is 0 Å². The SMILES string of the molecule is Nc1c(N=Nc2cccc(C(=O)Nc3ccc(S(=O)(=O)CCOSOOO)cc3)c2)c(S(=O)(=O)O)cc2cc(SOOO)c(N=Nc3ccc(S(=O)(=O)CCOS(=O)(=O)O)cc3)c(O)c12. The Bertz CT molecular complexity index is 3070. The first-order valence-corrected chi connectivity index (χ1v) is 24.7. The van der Waals surface area contributed by atoms with E-state index in [-0.39, 0.29) is 79.1 Å². The van der Waals surface area contributed by atoms with E-state index < -0.39 is 91.9 Å². The highest BCUT2D eigenvalue weighted by molar-refractivity contribution is 7.94. The molecule has 8 N–H and O–H groups in total. The molecule has 32 heteroatoms. The number of fused-ring (bicyclic) bond motifs is 1. The minimum Gasteiger partial charge on any atom is -0.505 e. The van der Waals surface area contributed by atoms with Crippen LogP contribution in [0.2, 0.25) is 0 Å². The maximum atomic E-state index is 13.1. The van der Waals surface area contributed by atoms with Gasteiger partial charge in [-0.3, -0.25) is 18.1 Å². The fraction of sp³-hybridized carbons (Fsp3) is 0.121. The fourth-order valence-corrected chi connectivity index (χ4v) is 9.38. The molecule has 0 spiro atoms. The van der Waals surface area contributed by atoms with Crippen molar-refractivity contribution in [3.8, 4) is 5.75 Å². The average Bonchev–Trinajstić information content (AvgIpc) is 3.24. The number of sulfone groups is 2. The monoisotopic (exact) mass is 1020 g/mol. The van der Waals surface area contributed by atoms with Crippen molar-refractivity contribution < 1.29 is 90.3 Å². The summed E-state index contributed by atoms with van der Waals surface area (Å²) in [5.41, 5.74) is 4.88. The van der Waals surface area contributed by atoms with Gasteiger partial charge in [0.05, 0.1) is 73.9 Å². The van der Waals surface area contributed by atoms with Crippen molar-refractivity contribution in [1.29, 1.82) is 0 Å². The lowest BCUT2D eigenvalue weighted by molar-refractivity contribution is -0.434. The minimum absolute atomic E-state index is 0.00196. The Balaban J connectivity index is 1.42. The third-order valence-electron chi connectivity index (χ3n) is 8.18. The molecule has 0 bridgehead atoms. The molecule has 0 aliphatic carbocycles. The minimum atomic E-state index is -5.13. The number of hydrogen-bond acceptors (Lipinski definition) is 25. The van der Waals surface area contributed by atoms with Crippen LogP contribution in [-0.4, -0.2) is 89.0 Å². The van der Waals surface area contributed by atoms with Gasteiger partial charge in [0.15, 0.2) is 37.7 Å². The quantitative estimate of drug-likeness (QED) is 0.00765. The van der Waals surface area contributed by atoms with Gasteiger partial charge in [-0.25, -0.2) is 31.5 Å². The summed E-state index contributed by atoms with van der Waals surface area (Å²) < 4.78 is 133. The summed E-state index contributed by atoms with van der Waals surface area (Å²) in [5, 5.41) is 53.3. The molecule has 5 aromatic carbocycles. The predicted octanol–water partition coefficient (Wildman–Crippen LogP) is 6.25. The topological polar surface area (TPSA) is 398 Å². The summed E-state index contributed by atoms with van der Waals surface area (Å²) in [6.07, 6.45) is 0. The number of benzene rings is 5. The van der Waals surface area contributed by atoms with Crippen LogP contribution in [0, 0.1) is 0 Å². The molecule has 65 heavy (non-hydrogen) atoms. The highest BCUT2D eigenvalue weighted by atomic mass is 32.3. The van der Waals surface area contributed by atoms with Gasteiger partial charge in [-0.1, -0.05) is 16.1 Å². The number of hydrogen-bond donors (Lipinski definition) is 7. The molecule has 26 nitrogen and oxygen atoms in total. The molecule has 0 atom stereocenters. The molecule has 1 amide bonds. The van der Waals surface area contributed by atoms with Gasteiger partial charge < -0.3 is 16.2 Å². The number of rotatable bonds is 22. The van der Waals surface area contributed by atoms with Crippen molar-refractivity contribution in [3.63, 3.8) is 0 Å². The summed E-state index contributed by atoms with van der Waals surface area (Å²) in [6.45, 7) is -1.18. The van der Waals surface area contributed by atoms with Crippen LogP contribution in [0.25, 0.3) is 10.8 Å². The molecular weight excluding hydrogens is 993 g/mol. The van der Waals surface area contributed by atoms with Crippen molar-refractivity contribution in [2.45, 2.75) is 19.6 Å². The van der Waals surface area contributed by atoms with Crippen LogP contribution in [0.4, 0.5) is 34.1 Å². The van der Waals surface area contributed by atoms with E-state index in [1.54, 1.807) is 0 Å². The number of carbonyl (C=O) groups excluding carboxylic acids is 1. The third-order valence-corrected chi connectivity index (χ3v) is 13.9. The smallest absolute Gasteiger partial charge is 0.397 e. The lowest BCUT2D eigenvalue weighted by Gasteiger charge is -2.14. The standard InChI is InChI=1S/C33H30N6O20S6/c34-29-28-20(17-26(60-58-56-42)30(32(28)40)38-36-22-6-10-25(11-7-22)63(46,47)15-13-55-65(51,52)53)18-27(64(48,49)50)31(29)39-37-23-3-1-2-19(16-23)33(41)35-21-4-8-24(9-5-21)62(44,45)14-12-54-61-59-57-43/h1-11,16-18,40,42-43H,12-15,34H2,(H,35,41)(H,48,49,50)(H,51,52,53). The number of anilines is 2. The largest absolute Gasteiger partial charge is 0.505 e. The van der Waals surface area contributed by atoms with Gasteiger partial charge in [0.25, 0.3) is 16.0 Å². The molecule has 0 saturated carbocycles. The lowest BCUT2D eigenvalue weighted by Crippen LogP contribution is -2.15. The van der Waals surface area contributed by atoms with Crippen LogP contribution < -0.4 is 11.1 Å². The second kappa shape index (κ2) is 21.8. The molecule has 0 aliphatic rings. The van der Waals surface area contributed by atoms with Gasteiger partial charge >= 0.3 is 10.4 Å². The number of aromatic hydroxyl groups is 1. The van der Waals surface area contributed by atoms with Gasteiger partial charge in [0.1, 0.15) is 16.3 Å². The van der Waals surface area contributed by atoms with E-state index in [2.05, 4.69) is 48.7 Å². The zero-order chi connectivity index (χ0) is 47.6. The summed E-state index contributed by atoms with van der Waals surface area (Å²) in [7, 11) is -17.9. The van der Waals surface area contributed by atoms with E-state index in [9.17, 15) is 48.1 Å². The second-order valence-corrected chi connectivity index (χ2v) is 20.3. The van der Waals surface area contributed by atoms with Crippen molar-refractivity contribution in [2.24, 2.45) is 20.5 Å². The van der Waals surface area contributed by atoms with Crippen LogP contribution >= 0.6 is 24.4 Å². The number of amides is 1. The number of nitrogens with two attached hydrogens (primary N) is 1. The number of nitrogens with zero attached hydrogens (tertiary/aromatic N) is 4. The Morgan fingerprint density at radius 2 is 1.31 bits per heavy atom. The van der Waals surface area contributed by atoms with Gasteiger partial charge in [-0.15, -0.1) is 18.9 Å². The molecular formula is C33H30N6O20S6. The first kappa shape index (κ1) is 50.7. The zero-order valence-corrected chi connectivity index (χ0v) is 37.0. The number of nitrogen functional groups attached to an aromatic ring is 1.